The number of fused-ring (bicyclic) bond motifs is 1. The van der Waals surface area contributed by atoms with E-state index in [0.29, 0.717) is 0 Å². The van der Waals surface area contributed by atoms with Crippen molar-refractivity contribution in [3.8, 4) is 0 Å². The quantitative estimate of drug-likeness (QED) is 0.743. The summed E-state index contributed by atoms with van der Waals surface area (Å²) in [4.78, 5) is 0. The molecule has 2 unspecified atom stereocenters. The molecule has 1 N–H and O–H groups in total. The molecule has 14 heavy (non-hydrogen) atoms. The number of rotatable bonds is 1. The van der Waals surface area contributed by atoms with Crippen LogP contribution in [0.3, 0.4) is 0 Å². The van der Waals surface area contributed by atoms with E-state index >= 15 is 0 Å². The van der Waals surface area contributed by atoms with Crippen molar-refractivity contribution in [2.24, 2.45) is 0 Å². The fraction of sp³-hybridized carbons (Fsp3) is 0.455. The molecule has 1 aromatic rings. The van der Waals surface area contributed by atoms with E-state index < -0.39 is 0 Å². The van der Waals surface area contributed by atoms with Gasteiger partial charge in [0.15, 0.2) is 0 Å². The molecule has 1 nitrogen and oxygen atoms in total. The Morgan fingerprint density at radius 3 is 3.00 bits per heavy atom. The predicted octanol–water partition coefficient (Wildman–Crippen LogP) is 0.983. The molecule has 3 heteroatoms. The zero-order valence-electron chi connectivity index (χ0n) is 7.96. The summed E-state index contributed by atoms with van der Waals surface area (Å²) in [5.74, 6) is -0.113. The van der Waals surface area contributed by atoms with E-state index in [-0.39, 0.29) is 16.6 Å². The van der Waals surface area contributed by atoms with E-state index in [1.54, 1.807) is 6.07 Å². The fourth-order valence-corrected chi connectivity index (χ4v) is 3.15. The maximum atomic E-state index is 13.5. The zero-order chi connectivity index (χ0) is 10.2. The first-order valence-electron chi connectivity index (χ1n) is 4.85. The van der Waals surface area contributed by atoms with Gasteiger partial charge >= 0.3 is 91.6 Å². The SMILES string of the molecule is OCC1([AsH2])CCCc2c(F)cccc21. The molecule has 0 amide bonds. The minimum atomic E-state index is -0.178. The molecule has 0 bridgehead atoms. The Balaban J connectivity index is 2.55. The van der Waals surface area contributed by atoms with Gasteiger partial charge in [-0.25, -0.2) is 0 Å². The molecular weight excluding hydrogens is 242 g/mol. The summed E-state index contributed by atoms with van der Waals surface area (Å²) < 4.78 is 13.3. The Hall–Kier alpha value is -0.332. The minimum absolute atomic E-state index is 0.113. The first-order valence-corrected chi connectivity index (χ1v) is 6.06. The summed E-state index contributed by atoms with van der Waals surface area (Å²) in [6.07, 6.45) is 2.76. The van der Waals surface area contributed by atoms with Gasteiger partial charge in [-0.1, -0.05) is 0 Å². The van der Waals surface area contributed by atoms with Gasteiger partial charge < -0.3 is 0 Å². The van der Waals surface area contributed by atoms with Crippen molar-refractivity contribution >= 4 is 16.9 Å². The Kier molecular flexibility index (Phi) is 2.68. The molecule has 0 aliphatic heterocycles. The van der Waals surface area contributed by atoms with Crippen molar-refractivity contribution in [2.75, 3.05) is 6.61 Å². The van der Waals surface area contributed by atoms with E-state index in [2.05, 4.69) is 0 Å². The van der Waals surface area contributed by atoms with Crippen molar-refractivity contribution in [3.63, 3.8) is 0 Å². The molecule has 0 spiro atoms. The Morgan fingerprint density at radius 1 is 1.50 bits per heavy atom. The Labute approximate surface area is 91.8 Å². The third kappa shape index (κ3) is 1.51. The number of halogens is 1. The number of hydrogen-bond donors (Lipinski definition) is 1. The van der Waals surface area contributed by atoms with Crippen molar-refractivity contribution in [3.05, 3.63) is 35.1 Å². The van der Waals surface area contributed by atoms with Crippen LogP contribution in [-0.4, -0.2) is 28.6 Å². The first-order chi connectivity index (χ1) is 6.67. The van der Waals surface area contributed by atoms with E-state index in [9.17, 15) is 9.50 Å². The molecule has 0 saturated carbocycles. The van der Waals surface area contributed by atoms with Gasteiger partial charge in [0.1, 0.15) is 0 Å². The first kappa shape index (κ1) is 10.2. The molecule has 0 radical (unpaired) electrons. The molecule has 2 atom stereocenters. The van der Waals surface area contributed by atoms with Gasteiger partial charge in [-0.05, 0) is 0 Å². The Bertz CT molecular complexity index is 353. The summed E-state index contributed by atoms with van der Waals surface area (Å²) in [7, 11) is 0. The van der Waals surface area contributed by atoms with Gasteiger partial charge in [-0.15, -0.1) is 0 Å². The van der Waals surface area contributed by atoms with Crippen LogP contribution in [0.2, 0.25) is 0 Å². The fourth-order valence-electron chi connectivity index (χ4n) is 2.16. The van der Waals surface area contributed by atoms with Gasteiger partial charge in [0.2, 0.25) is 0 Å². The molecule has 2 rings (SSSR count). The second-order valence-corrected chi connectivity index (χ2v) is 6.25. The summed E-state index contributed by atoms with van der Waals surface area (Å²) in [5.41, 5.74) is 1.84. The second kappa shape index (κ2) is 3.67. The zero-order valence-corrected chi connectivity index (χ0v) is 10.4. The van der Waals surface area contributed by atoms with Crippen molar-refractivity contribution in [2.45, 2.75) is 23.5 Å². The molecule has 1 aromatic carbocycles. The van der Waals surface area contributed by atoms with Gasteiger partial charge in [0.25, 0.3) is 0 Å². The van der Waals surface area contributed by atoms with Crippen LogP contribution in [0, 0.1) is 5.82 Å². The molecule has 1 aliphatic rings. The van der Waals surface area contributed by atoms with E-state index in [0.717, 1.165) is 30.4 Å². The van der Waals surface area contributed by atoms with Gasteiger partial charge in [-0.2, -0.15) is 0 Å². The van der Waals surface area contributed by atoms with Crippen LogP contribution >= 0.6 is 0 Å². The molecule has 0 heterocycles. The third-order valence-electron chi connectivity index (χ3n) is 2.99. The van der Waals surface area contributed by atoms with Crippen LogP contribution in [0.1, 0.15) is 24.0 Å². The third-order valence-corrected chi connectivity index (χ3v) is 4.63. The average molecular weight is 256 g/mol. The number of aliphatic hydroxyl groups excluding tert-OH is 1. The van der Waals surface area contributed by atoms with Crippen molar-refractivity contribution in [1.82, 2.24) is 0 Å². The summed E-state index contributed by atoms with van der Waals surface area (Å²) in [5, 5.41) is 9.38. The average Bonchev–Trinajstić information content (AvgIpc) is 2.20. The van der Waals surface area contributed by atoms with Crippen LogP contribution in [0.4, 0.5) is 4.39 Å². The molecule has 0 fully saturated rings. The number of aliphatic hydroxyl groups is 1. The van der Waals surface area contributed by atoms with Crippen LogP contribution < -0.4 is 0 Å². The van der Waals surface area contributed by atoms with Gasteiger partial charge in [0.05, 0.1) is 0 Å². The monoisotopic (exact) mass is 256 g/mol. The number of benzene rings is 1. The predicted molar refractivity (Wildman–Crippen MR) is 56.6 cm³/mol. The van der Waals surface area contributed by atoms with Crippen LogP contribution in [-0.2, 0) is 10.6 Å². The maximum absolute atomic E-state index is 13.5. The number of hydrogen-bond acceptors (Lipinski definition) is 1. The summed E-state index contributed by atoms with van der Waals surface area (Å²) in [6, 6.07) is 5.20. The van der Waals surface area contributed by atoms with Gasteiger partial charge in [0, 0.05) is 0 Å². The normalized spacial score (nSPS) is 25.9. The topological polar surface area (TPSA) is 20.2 Å². The molecule has 0 saturated heterocycles. The standard InChI is InChI=1S/C11H14AsFO/c12-11(7-14)6-2-3-8-9(11)4-1-5-10(8)13/h1,4-5,14H,2-3,6-7,12H2. The van der Waals surface area contributed by atoms with Crippen molar-refractivity contribution < 1.29 is 9.50 Å². The van der Waals surface area contributed by atoms with E-state index in [4.69, 9.17) is 0 Å². The molecule has 1 aliphatic carbocycles. The molecule has 0 aromatic heterocycles. The van der Waals surface area contributed by atoms with E-state index in [1.807, 2.05) is 6.07 Å². The van der Waals surface area contributed by atoms with Crippen molar-refractivity contribution in [1.29, 1.82) is 0 Å². The molecule has 76 valence electrons. The van der Waals surface area contributed by atoms with Crippen LogP contribution in [0.25, 0.3) is 0 Å². The van der Waals surface area contributed by atoms with Crippen LogP contribution in [0.5, 0.6) is 0 Å². The molecular formula is C11H14AsFO. The van der Waals surface area contributed by atoms with Crippen LogP contribution in [0.15, 0.2) is 18.2 Å². The van der Waals surface area contributed by atoms with E-state index in [1.165, 1.54) is 22.9 Å². The Morgan fingerprint density at radius 2 is 2.29 bits per heavy atom. The van der Waals surface area contributed by atoms with Gasteiger partial charge in [-0.3, -0.25) is 0 Å². The second-order valence-electron chi connectivity index (χ2n) is 3.93. The summed E-state index contributed by atoms with van der Waals surface area (Å²) in [6.45, 7) is 0.128. The summed E-state index contributed by atoms with van der Waals surface area (Å²) >= 11 is 1.50.